The summed E-state index contributed by atoms with van der Waals surface area (Å²) >= 11 is 0. The van der Waals surface area contributed by atoms with Gasteiger partial charge in [0.15, 0.2) is 0 Å². The van der Waals surface area contributed by atoms with Crippen LogP contribution in [0.5, 0.6) is 0 Å². The van der Waals surface area contributed by atoms with Crippen LogP contribution in [0.1, 0.15) is 22.5 Å². The predicted molar refractivity (Wildman–Crippen MR) is 88.0 cm³/mol. The summed E-state index contributed by atoms with van der Waals surface area (Å²) in [4.78, 5) is 29.6. The monoisotopic (exact) mass is 328 g/mol. The fraction of sp³-hybridized carbons (Fsp3) is 0.353. The molecule has 1 atom stereocenters. The van der Waals surface area contributed by atoms with E-state index in [1.165, 1.54) is 0 Å². The third-order valence-corrected chi connectivity index (χ3v) is 4.32. The van der Waals surface area contributed by atoms with Gasteiger partial charge in [-0.1, -0.05) is 12.1 Å². The summed E-state index contributed by atoms with van der Waals surface area (Å²) in [5.74, 6) is -0.850. The summed E-state index contributed by atoms with van der Waals surface area (Å²) in [5.41, 5.74) is 1.68. The molecule has 1 aromatic carbocycles. The Bertz CT molecular complexity index is 756. The molecular formula is C17H20N4O3. The molecule has 1 amide bonds. The maximum Gasteiger partial charge on any atom is 0.337 e. The quantitative estimate of drug-likeness (QED) is 0.859. The highest BCUT2D eigenvalue weighted by molar-refractivity contribution is 5.91. The number of nitrogens with one attached hydrogen (secondary N) is 1. The van der Waals surface area contributed by atoms with Gasteiger partial charge >= 0.3 is 5.97 Å². The number of nitrogens with zero attached hydrogens (tertiary/aromatic N) is 3. The number of carbonyl (C=O) groups is 2. The average Bonchev–Trinajstić information content (AvgIpc) is 3.24. The van der Waals surface area contributed by atoms with Crippen molar-refractivity contribution in [3.63, 3.8) is 0 Å². The van der Waals surface area contributed by atoms with Crippen LogP contribution in [-0.2, 0) is 11.3 Å². The molecule has 0 aliphatic carbocycles. The van der Waals surface area contributed by atoms with Crippen molar-refractivity contribution >= 4 is 11.9 Å². The minimum absolute atomic E-state index is 0.0322. The number of rotatable bonds is 5. The molecule has 0 radical (unpaired) electrons. The fourth-order valence-electron chi connectivity index (χ4n) is 3.08. The predicted octanol–water partition coefficient (Wildman–Crippen LogP) is 1.14. The first-order chi connectivity index (χ1) is 11.6. The first kappa shape index (κ1) is 16.2. The second-order valence-corrected chi connectivity index (χ2v) is 5.93. The Morgan fingerprint density at radius 2 is 2.17 bits per heavy atom. The molecule has 0 saturated carbocycles. The summed E-state index contributed by atoms with van der Waals surface area (Å²) in [7, 11) is 1.66. The third kappa shape index (κ3) is 3.30. The van der Waals surface area contributed by atoms with Gasteiger partial charge in [-0.15, -0.1) is 0 Å². The Balaban J connectivity index is 1.71. The van der Waals surface area contributed by atoms with Crippen LogP contribution in [0.4, 0.5) is 0 Å². The molecule has 0 spiro atoms. The molecule has 7 heteroatoms. The SMILES string of the molecule is CNC(=O)C1CCN(Cc2cn(-c3ccccc3C(=O)O)cn2)C1. The van der Waals surface area contributed by atoms with E-state index in [0.717, 1.165) is 25.2 Å². The van der Waals surface area contributed by atoms with Crippen molar-refractivity contribution in [3.05, 3.63) is 48.0 Å². The zero-order chi connectivity index (χ0) is 17.1. The number of aromatic carboxylic acids is 1. The van der Waals surface area contributed by atoms with Gasteiger partial charge in [-0.3, -0.25) is 9.69 Å². The molecule has 24 heavy (non-hydrogen) atoms. The largest absolute Gasteiger partial charge is 0.478 e. The van der Waals surface area contributed by atoms with Gasteiger partial charge in [0.25, 0.3) is 0 Å². The summed E-state index contributed by atoms with van der Waals surface area (Å²) in [6, 6.07) is 6.84. The molecule has 1 aromatic heterocycles. The Morgan fingerprint density at radius 3 is 2.92 bits per heavy atom. The van der Waals surface area contributed by atoms with Crippen molar-refractivity contribution in [2.24, 2.45) is 5.92 Å². The van der Waals surface area contributed by atoms with E-state index in [4.69, 9.17) is 0 Å². The number of aromatic nitrogens is 2. The summed E-state index contributed by atoms with van der Waals surface area (Å²) in [6.45, 7) is 2.23. The lowest BCUT2D eigenvalue weighted by Crippen LogP contribution is -2.30. The lowest BCUT2D eigenvalue weighted by Gasteiger charge is -2.13. The number of benzene rings is 1. The second-order valence-electron chi connectivity index (χ2n) is 5.93. The number of imidazole rings is 1. The Hall–Kier alpha value is -2.67. The molecule has 3 rings (SSSR count). The maximum absolute atomic E-state index is 11.7. The van der Waals surface area contributed by atoms with E-state index < -0.39 is 5.97 Å². The molecule has 2 heterocycles. The summed E-state index contributed by atoms with van der Waals surface area (Å²) in [5, 5.41) is 12.0. The molecular weight excluding hydrogens is 308 g/mol. The minimum Gasteiger partial charge on any atom is -0.478 e. The van der Waals surface area contributed by atoms with Gasteiger partial charge < -0.3 is 15.0 Å². The molecule has 7 nitrogen and oxygen atoms in total. The lowest BCUT2D eigenvalue weighted by atomic mass is 10.1. The third-order valence-electron chi connectivity index (χ3n) is 4.32. The highest BCUT2D eigenvalue weighted by Gasteiger charge is 2.27. The Kier molecular flexibility index (Phi) is 4.61. The second kappa shape index (κ2) is 6.84. The standard InChI is InChI=1S/C17H20N4O3/c1-18-16(22)12-6-7-20(8-12)9-13-10-21(11-19-13)15-5-3-2-4-14(15)17(23)24/h2-5,10-12H,6-9H2,1H3,(H,18,22)(H,23,24). The van der Waals surface area contributed by atoms with E-state index in [-0.39, 0.29) is 17.4 Å². The maximum atomic E-state index is 11.7. The van der Waals surface area contributed by atoms with Gasteiger partial charge in [-0.2, -0.15) is 0 Å². The molecule has 1 aliphatic rings. The van der Waals surface area contributed by atoms with Crippen LogP contribution >= 0.6 is 0 Å². The van der Waals surface area contributed by atoms with E-state index >= 15 is 0 Å². The van der Waals surface area contributed by atoms with Crippen molar-refractivity contribution < 1.29 is 14.7 Å². The summed E-state index contributed by atoms with van der Waals surface area (Å²) < 4.78 is 1.73. The molecule has 2 aromatic rings. The van der Waals surface area contributed by atoms with Crippen LogP contribution in [0, 0.1) is 5.92 Å². The van der Waals surface area contributed by atoms with Gasteiger partial charge in [-0.25, -0.2) is 9.78 Å². The van der Waals surface area contributed by atoms with Gasteiger partial charge in [-0.05, 0) is 25.1 Å². The smallest absolute Gasteiger partial charge is 0.337 e. The number of hydrogen-bond donors (Lipinski definition) is 2. The number of para-hydroxylation sites is 1. The number of hydrogen-bond acceptors (Lipinski definition) is 4. The van der Waals surface area contributed by atoms with E-state index in [9.17, 15) is 14.7 Å². The first-order valence-electron chi connectivity index (χ1n) is 7.88. The Labute approximate surface area is 139 Å². The number of carbonyl (C=O) groups excluding carboxylic acids is 1. The van der Waals surface area contributed by atoms with Crippen LogP contribution in [0.2, 0.25) is 0 Å². The number of carboxylic acids is 1. The van der Waals surface area contributed by atoms with Crippen molar-refractivity contribution in [3.8, 4) is 5.69 Å². The van der Waals surface area contributed by atoms with Gasteiger partial charge in [0.1, 0.15) is 0 Å². The van der Waals surface area contributed by atoms with Crippen molar-refractivity contribution in [1.29, 1.82) is 0 Å². The lowest BCUT2D eigenvalue weighted by molar-refractivity contribution is -0.124. The highest BCUT2D eigenvalue weighted by Crippen LogP contribution is 2.20. The van der Waals surface area contributed by atoms with Crippen LogP contribution in [-0.4, -0.2) is 51.6 Å². The van der Waals surface area contributed by atoms with Crippen LogP contribution in [0.3, 0.4) is 0 Å². The Morgan fingerprint density at radius 1 is 1.38 bits per heavy atom. The molecule has 2 N–H and O–H groups in total. The van der Waals surface area contributed by atoms with Crippen LogP contribution in [0.15, 0.2) is 36.8 Å². The van der Waals surface area contributed by atoms with Gasteiger partial charge in [0.2, 0.25) is 5.91 Å². The molecule has 1 aliphatic heterocycles. The van der Waals surface area contributed by atoms with Crippen LogP contribution in [0.25, 0.3) is 5.69 Å². The topological polar surface area (TPSA) is 87.5 Å². The number of amides is 1. The van der Waals surface area contributed by atoms with E-state index in [2.05, 4.69) is 15.2 Å². The highest BCUT2D eigenvalue weighted by atomic mass is 16.4. The molecule has 126 valence electrons. The fourth-order valence-corrected chi connectivity index (χ4v) is 3.08. The number of carboxylic acid groups (broad SMARTS) is 1. The molecule has 0 bridgehead atoms. The minimum atomic E-state index is -0.964. The van der Waals surface area contributed by atoms with Crippen LogP contribution < -0.4 is 5.32 Å². The van der Waals surface area contributed by atoms with Crippen molar-refractivity contribution in [1.82, 2.24) is 19.8 Å². The average molecular weight is 328 g/mol. The molecule has 1 unspecified atom stereocenters. The van der Waals surface area contributed by atoms with E-state index in [1.807, 2.05) is 6.20 Å². The van der Waals surface area contributed by atoms with E-state index in [0.29, 0.717) is 12.2 Å². The van der Waals surface area contributed by atoms with Gasteiger partial charge in [0, 0.05) is 26.3 Å². The molecule has 1 fully saturated rings. The molecule has 1 saturated heterocycles. The normalized spacial score (nSPS) is 17.8. The van der Waals surface area contributed by atoms with E-state index in [1.54, 1.807) is 42.2 Å². The number of likely N-dealkylation sites (tertiary alicyclic amines) is 1. The zero-order valence-electron chi connectivity index (χ0n) is 13.5. The van der Waals surface area contributed by atoms with Crippen molar-refractivity contribution in [2.45, 2.75) is 13.0 Å². The van der Waals surface area contributed by atoms with Crippen molar-refractivity contribution in [2.75, 3.05) is 20.1 Å². The first-order valence-corrected chi connectivity index (χ1v) is 7.88. The summed E-state index contributed by atoms with van der Waals surface area (Å²) in [6.07, 6.45) is 4.32. The van der Waals surface area contributed by atoms with Gasteiger partial charge in [0.05, 0.1) is 29.2 Å². The zero-order valence-corrected chi connectivity index (χ0v) is 13.5.